The van der Waals surface area contributed by atoms with E-state index < -0.39 is 0 Å². The number of hydrogen-bond acceptors (Lipinski definition) is 1. The van der Waals surface area contributed by atoms with Crippen LogP contribution in [0.5, 0.6) is 0 Å². The molecule has 0 fully saturated rings. The predicted molar refractivity (Wildman–Crippen MR) is 252 cm³/mol. The lowest BCUT2D eigenvalue weighted by molar-refractivity contribution is 0.659. The molecule has 1 aromatic heterocycles. The summed E-state index contributed by atoms with van der Waals surface area (Å²) in [5, 5.41) is 2.63. The molecule has 0 bridgehead atoms. The molecular formula is C58H42S. The average Bonchev–Trinajstić information content (AvgIpc) is 3.79. The van der Waals surface area contributed by atoms with Crippen molar-refractivity contribution in [2.75, 3.05) is 0 Å². The Bertz CT molecular complexity index is 3180. The number of thiophene rings is 1. The van der Waals surface area contributed by atoms with Gasteiger partial charge in [-0.15, -0.1) is 11.3 Å². The summed E-state index contributed by atoms with van der Waals surface area (Å²) in [6.07, 6.45) is 0. The number of hydrogen-bond donors (Lipinski definition) is 0. The summed E-state index contributed by atoms with van der Waals surface area (Å²) >= 11 is 1.88. The first-order chi connectivity index (χ1) is 29.0. The molecule has 1 unspecified atom stereocenters. The second-order valence-corrected chi connectivity index (χ2v) is 17.5. The highest BCUT2D eigenvalue weighted by molar-refractivity contribution is 7.26. The minimum atomic E-state index is -0.111. The van der Waals surface area contributed by atoms with Crippen LogP contribution in [0, 0.1) is 0 Å². The molecule has 280 valence electrons. The minimum Gasteiger partial charge on any atom is -0.135 e. The quantitative estimate of drug-likeness (QED) is 0.142. The van der Waals surface area contributed by atoms with Crippen molar-refractivity contribution in [1.29, 1.82) is 0 Å². The van der Waals surface area contributed by atoms with E-state index in [-0.39, 0.29) is 11.3 Å². The molecule has 0 N–H and O–H groups in total. The van der Waals surface area contributed by atoms with Gasteiger partial charge in [-0.1, -0.05) is 208 Å². The van der Waals surface area contributed by atoms with E-state index in [1.165, 1.54) is 104 Å². The third kappa shape index (κ3) is 5.96. The molecular weight excluding hydrogens is 729 g/mol. The van der Waals surface area contributed by atoms with Gasteiger partial charge in [0.1, 0.15) is 0 Å². The molecule has 59 heavy (non-hydrogen) atoms. The van der Waals surface area contributed by atoms with E-state index in [0.717, 1.165) is 0 Å². The first-order valence-corrected chi connectivity index (χ1v) is 21.4. The van der Waals surface area contributed by atoms with Crippen LogP contribution in [0.3, 0.4) is 0 Å². The molecule has 0 nitrogen and oxygen atoms in total. The van der Waals surface area contributed by atoms with Gasteiger partial charge < -0.3 is 0 Å². The van der Waals surface area contributed by atoms with Gasteiger partial charge >= 0.3 is 0 Å². The maximum Gasteiger partial charge on any atom is 0.0362 e. The Morgan fingerprint density at radius 1 is 0.373 bits per heavy atom. The summed E-state index contributed by atoms with van der Waals surface area (Å²) in [6.45, 7) is 4.77. The van der Waals surface area contributed by atoms with Gasteiger partial charge in [0.2, 0.25) is 0 Å². The Labute approximate surface area is 350 Å². The lowest BCUT2D eigenvalue weighted by Gasteiger charge is -2.27. The summed E-state index contributed by atoms with van der Waals surface area (Å²) in [4.78, 5) is 0. The van der Waals surface area contributed by atoms with E-state index in [4.69, 9.17) is 0 Å². The molecule has 0 aliphatic heterocycles. The van der Waals surface area contributed by atoms with Crippen molar-refractivity contribution < 1.29 is 0 Å². The van der Waals surface area contributed by atoms with Gasteiger partial charge in [-0.25, -0.2) is 0 Å². The zero-order chi connectivity index (χ0) is 39.5. The van der Waals surface area contributed by atoms with Gasteiger partial charge in [-0.05, 0) is 102 Å². The molecule has 0 spiro atoms. The summed E-state index contributed by atoms with van der Waals surface area (Å²) in [6, 6.07) is 79.1. The summed E-state index contributed by atoms with van der Waals surface area (Å²) in [7, 11) is 0. The van der Waals surface area contributed by atoms with E-state index in [2.05, 4.69) is 226 Å². The Kier molecular flexibility index (Phi) is 8.53. The van der Waals surface area contributed by atoms with E-state index in [1.54, 1.807) is 0 Å². The van der Waals surface area contributed by atoms with Crippen LogP contribution in [0.25, 0.3) is 75.8 Å². The van der Waals surface area contributed by atoms with Crippen LogP contribution in [-0.2, 0) is 5.41 Å². The highest BCUT2D eigenvalue weighted by Gasteiger charge is 2.36. The highest BCUT2D eigenvalue weighted by atomic mass is 32.1. The van der Waals surface area contributed by atoms with Gasteiger partial charge in [0, 0.05) is 31.5 Å². The SMILES string of the molecule is CC1(C)c2ccccc2-c2ccc(C(c3cccc(-c4ccccc4)c3)c3ccccc3-c3ccc4sc5ccccc5c4c3-c3cccc(-c4ccccc4)c3)cc21. The standard InChI is InChI=1S/C58H42S/c1-58(2)51-29-13-11-26-46(51)47-32-31-44(37-52(47)58)55(42-23-15-21-40(35-42)38-17-5-3-6-18-38)48-27-10-9-25-45(48)49-33-34-54-57(50-28-12-14-30-53(50)59-54)56(49)43-24-16-22-41(36-43)39-19-7-4-8-20-39/h3-37,55H,1-2H3. The van der Waals surface area contributed by atoms with Gasteiger partial charge in [0.25, 0.3) is 0 Å². The van der Waals surface area contributed by atoms with Crippen LogP contribution in [0.15, 0.2) is 212 Å². The number of benzene rings is 9. The highest BCUT2D eigenvalue weighted by Crippen LogP contribution is 2.52. The van der Waals surface area contributed by atoms with Crippen molar-refractivity contribution in [3.05, 3.63) is 240 Å². The molecule has 0 saturated heterocycles. The Morgan fingerprint density at radius 3 is 1.75 bits per heavy atom. The van der Waals surface area contributed by atoms with E-state index in [0.29, 0.717) is 0 Å². The molecule has 0 radical (unpaired) electrons. The molecule has 1 heterocycles. The van der Waals surface area contributed by atoms with E-state index >= 15 is 0 Å². The monoisotopic (exact) mass is 770 g/mol. The molecule has 1 aliphatic rings. The van der Waals surface area contributed by atoms with Crippen LogP contribution in [0.2, 0.25) is 0 Å². The lowest BCUT2D eigenvalue weighted by Crippen LogP contribution is -2.16. The molecule has 0 saturated carbocycles. The Morgan fingerprint density at radius 2 is 0.949 bits per heavy atom. The molecule has 9 aromatic carbocycles. The molecule has 1 atom stereocenters. The fraction of sp³-hybridized carbons (Fsp3) is 0.0690. The van der Waals surface area contributed by atoms with Gasteiger partial charge in [0.05, 0.1) is 0 Å². The first kappa shape index (κ1) is 35.4. The van der Waals surface area contributed by atoms with Gasteiger partial charge in [0.15, 0.2) is 0 Å². The summed E-state index contributed by atoms with van der Waals surface area (Å²) in [5.41, 5.74) is 19.2. The van der Waals surface area contributed by atoms with Crippen molar-refractivity contribution in [1.82, 2.24) is 0 Å². The molecule has 0 amide bonds. The van der Waals surface area contributed by atoms with E-state index in [1.807, 2.05) is 11.3 Å². The topological polar surface area (TPSA) is 0 Å². The van der Waals surface area contributed by atoms with Crippen LogP contribution in [0.4, 0.5) is 0 Å². The maximum absolute atomic E-state index is 2.52. The largest absolute Gasteiger partial charge is 0.135 e. The van der Waals surface area contributed by atoms with Crippen molar-refractivity contribution >= 4 is 31.5 Å². The normalized spacial score (nSPS) is 13.3. The van der Waals surface area contributed by atoms with Crippen molar-refractivity contribution in [2.45, 2.75) is 25.2 Å². The lowest BCUT2D eigenvalue weighted by atomic mass is 9.76. The second-order valence-electron chi connectivity index (χ2n) is 16.4. The Hall–Kier alpha value is -6.80. The average molecular weight is 771 g/mol. The van der Waals surface area contributed by atoms with Gasteiger partial charge in [-0.2, -0.15) is 0 Å². The third-order valence-corrected chi connectivity index (χ3v) is 13.8. The fourth-order valence-corrected chi connectivity index (χ4v) is 10.9. The second kappa shape index (κ2) is 14.2. The van der Waals surface area contributed by atoms with Gasteiger partial charge in [-0.3, -0.25) is 0 Å². The minimum absolute atomic E-state index is 0.0295. The molecule has 11 rings (SSSR count). The number of fused-ring (bicyclic) bond motifs is 6. The zero-order valence-electron chi connectivity index (χ0n) is 33.2. The number of rotatable bonds is 7. The van der Waals surface area contributed by atoms with Crippen LogP contribution in [0.1, 0.15) is 47.6 Å². The fourth-order valence-electron chi connectivity index (χ4n) is 9.80. The van der Waals surface area contributed by atoms with Crippen molar-refractivity contribution in [3.63, 3.8) is 0 Å². The maximum atomic E-state index is 2.52. The molecule has 1 aliphatic carbocycles. The van der Waals surface area contributed by atoms with Crippen molar-refractivity contribution in [2.24, 2.45) is 0 Å². The molecule has 1 heteroatoms. The predicted octanol–water partition coefficient (Wildman–Crippen LogP) is 16.2. The smallest absolute Gasteiger partial charge is 0.0362 e. The zero-order valence-corrected chi connectivity index (χ0v) is 34.0. The molecule has 10 aromatic rings. The first-order valence-electron chi connectivity index (χ1n) is 20.6. The van der Waals surface area contributed by atoms with Crippen LogP contribution < -0.4 is 0 Å². The van der Waals surface area contributed by atoms with Crippen molar-refractivity contribution in [3.8, 4) is 55.6 Å². The summed E-state index contributed by atoms with van der Waals surface area (Å²) < 4.78 is 2.62. The van der Waals surface area contributed by atoms with Crippen LogP contribution in [-0.4, -0.2) is 0 Å². The van der Waals surface area contributed by atoms with E-state index in [9.17, 15) is 0 Å². The third-order valence-electron chi connectivity index (χ3n) is 12.6. The summed E-state index contributed by atoms with van der Waals surface area (Å²) in [5.74, 6) is -0.0295. The Balaban J connectivity index is 1.18. The van der Waals surface area contributed by atoms with Crippen LogP contribution >= 0.6 is 11.3 Å².